The van der Waals surface area contributed by atoms with Gasteiger partial charge in [0, 0.05) is 18.0 Å². The molecule has 1 atom stereocenters. The Kier molecular flexibility index (Phi) is 7.80. The van der Waals surface area contributed by atoms with Crippen LogP contribution in [-0.4, -0.2) is 18.0 Å². The standard InChI is InChI=1S/C13H26N2O.ClH/c1-3-11(2)12(16)15-10-13(14)8-6-4-5-7-9-13;/h11H,3-10,14H2,1-2H3,(H,15,16);1H. The first-order chi connectivity index (χ1) is 7.57. The largest absolute Gasteiger partial charge is 0.354 e. The molecule has 1 rings (SSSR count). The number of amides is 1. The van der Waals surface area contributed by atoms with E-state index in [1.807, 2.05) is 13.8 Å². The lowest BCUT2D eigenvalue weighted by atomic mass is 9.91. The molecule has 3 N–H and O–H groups in total. The van der Waals surface area contributed by atoms with Crippen molar-refractivity contribution in [3.63, 3.8) is 0 Å². The Hall–Kier alpha value is -0.280. The Morgan fingerprint density at radius 2 is 1.82 bits per heavy atom. The summed E-state index contributed by atoms with van der Waals surface area (Å²) in [5.41, 5.74) is 6.18. The fraction of sp³-hybridized carbons (Fsp3) is 0.923. The molecule has 0 aromatic heterocycles. The van der Waals surface area contributed by atoms with Crippen LogP contribution in [0.15, 0.2) is 0 Å². The highest BCUT2D eigenvalue weighted by Gasteiger charge is 2.27. The lowest BCUT2D eigenvalue weighted by Gasteiger charge is -2.28. The molecule has 0 saturated heterocycles. The Bertz CT molecular complexity index is 225. The van der Waals surface area contributed by atoms with E-state index < -0.39 is 0 Å². The number of hydrogen-bond donors (Lipinski definition) is 2. The minimum atomic E-state index is -0.153. The molecule has 1 amide bonds. The Morgan fingerprint density at radius 1 is 1.29 bits per heavy atom. The fourth-order valence-electron chi connectivity index (χ4n) is 2.23. The van der Waals surface area contributed by atoms with E-state index in [0.29, 0.717) is 6.54 Å². The number of carbonyl (C=O) groups excluding carboxylic acids is 1. The van der Waals surface area contributed by atoms with Gasteiger partial charge in [-0.1, -0.05) is 39.5 Å². The van der Waals surface area contributed by atoms with Crippen molar-refractivity contribution in [1.82, 2.24) is 5.32 Å². The molecule has 102 valence electrons. The highest BCUT2D eigenvalue weighted by molar-refractivity contribution is 5.85. The molecule has 1 aliphatic carbocycles. The number of hydrogen-bond acceptors (Lipinski definition) is 2. The van der Waals surface area contributed by atoms with E-state index in [1.165, 1.54) is 25.7 Å². The lowest BCUT2D eigenvalue weighted by Crippen LogP contribution is -2.50. The molecular weight excluding hydrogens is 236 g/mol. The molecule has 0 spiro atoms. The molecule has 0 aromatic rings. The SMILES string of the molecule is CCC(C)C(=O)NCC1(N)CCCCCC1.Cl. The van der Waals surface area contributed by atoms with Crippen molar-refractivity contribution in [3.05, 3.63) is 0 Å². The summed E-state index contributed by atoms with van der Waals surface area (Å²) < 4.78 is 0. The third kappa shape index (κ3) is 5.73. The van der Waals surface area contributed by atoms with Crippen LogP contribution < -0.4 is 11.1 Å². The molecule has 0 bridgehead atoms. The molecule has 4 heteroatoms. The third-order valence-electron chi connectivity index (χ3n) is 3.77. The minimum absolute atomic E-state index is 0. The summed E-state index contributed by atoms with van der Waals surface area (Å²) >= 11 is 0. The van der Waals surface area contributed by atoms with Crippen LogP contribution in [0.25, 0.3) is 0 Å². The summed E-state index contributed by atoms with van der Waals surface area (Å²) in [6.07, 6.45) is 7.98. The van der Waals surface area contributed by atoms with Gasteiger partial charge in [-0.05, 0) is 19.3 Å². The summed E-state index contributed by atoms with van der Waals surface area (Å²) in [6, 6.07) is 0. The predicted molar refractivity (Wildman–Crippen MR) is 74.3 cm³/mol. The van der Waals surface area contributed by atoms with E-state index in [-0.39, 0.29) is 29.8 Å². The quantitative estimate of drug-likeness (QED) is 0.766. The average Bonchev–Trinajstić information content (AvgIpc) is 2.50. The maximum absolute atomic E-state index is 11.7. The average molecular weight is 263 g/mol. The number of carbonyl (C=O) groups is 1. The minimum Gasteiger partial charge on any atom is -0.354 e. The number of nitrogens with two attached hydrogens (primary N) is 1. The van der Waals surface area contributed by atoms with Gasteiger partial charge in [-0.25, -0.2) is 0 Å². The van der Waals surface area contributed by atoms with Crippen LogP contribution in [0.2, 0.25) is 0 Å². The van der Waals surface area contributed by atoms with Gasteiger partial charge in [-0.2, -0.15) is 0 Å². The molecule has 0 radical (unpaired) electrons. The van der Waals surface area contributed by atoms with E-state index in [1.54, 1.807) is 0 Å². The van der Waals surface area contributed by atoms with Crippen molar-refractivity contribution in [3.8, 4) is 0 Å². The van der Waals surface area contributed by atoms with Gasteiger partial charge in [0.25, 0.3) is 0 Å². The zero-order valence-corrected chi connectivity index (χ0v) is 11.9. The monoisotopic (exact) mass is 262 g/mol. The number of nitrogens with one attached hydrogen (secondary N) is 1. The van der Waals surface area contributed by atoms with Crippen LogP contribution >= 0.6 is 12.4 Å². The smallest absolute Gasteiger partial charge is 0.222 e. The topological polar surface area (TPSA) is 55.1 Å². The first-order valence-corrected chi connectivity index (χ1v) is 6.64. The predicted octanol–water partition coefficient (Wildman–Crippen LogP) is 2.62. The molecule has 0 aromatic carbocycles. The Morgan fingerprint density at radius 3 is 2.29 bits per heavy atom. The van der Waals surface area contributed by atoms with Crippen molar-refractivity contribution >= 4 is 18.3 Å². The molecule has 1 fully saturated rings. The van der Waals surface area contributed by atoms with Gasteiger partial charge in [-0.15, -0.1) is 12.4 Å². The van der Waals surface area contributed by atoms with Gasteiger partial charge in [0.2, 0.25) is 5.91 Å². The number of halogens is 1. The third-order valence-corrected chi connectivity index (χ3v) is 3.77. The molecular formula is C13H27ClN2O. The van der Waals surface area contributed by atoms with Crippen LogP contribution in [0, 0.1) is 5.92 Å². The van der Waals surface area contributed by atoms with Crippen molar-refractivity contribution < 1.29 is 4.79 Å². The first kappa shape index (κ1) is 16.7. The molecule has 17 heavy (non-hydrogen) atoms. The Labute approximate surface area is 111 Å². The van der Waals surface area contributed by atoms with Crippen LogP contribution in [0.3, 0.4) is 0 Å². The van der Waals surface area contributed by atoms with Crippen molar-refractivity contribution in [2.75, 3.05) is 6.54 Å². The summed E-state index contributed by atoms with van der Waals surface area (Å²) in [7, 11) is 0. The molecule has 3 nitrogen and oxygen atoms in total. The highest BCUT2D eigenvalue weighted by Crippen LogP contribution is 2.24. The Balaban J connectivity index is 0.00000256. The summed E-state index contributed by atoms with van der Waals surface area (Å²) in [5, 5.41) is 3.01. The first-order valence-electron chi connectivity index (χ1n) is 6.64. The van der Waals surface area contributed by atoms with E-state index >= 15 is 0 Å². The summed E-state index contributed by atoms with van der Waals surface area (Å²) in [5.74, 6) is 0.256. The second-order valence-electron chi connectivity index (χ2n) is 5.30. The van der Waals surface area contributed by atoms with Gasteiger partial charge in [0.15, 0.2) is 0 Å². The maximum Gasteiger partial charge on any atom is 0.222 e. The second kappa shape index (κ2) is 7.93. The van der Waals surface area contributed by atoms with E-state index in [4.69, 9.17) is 5.73 Å². The van der Waals surface area contributed by atoms with E-state index in [2.05, 4.69) is 5.32 Å². The second-order valence-corrected chi connectivity index (χ2v) is 5.30. The molecule has 1 aliphatic rings. The van der Waals surface area contributed by atoms with Crippen molar-refractivity contribution in [2.45, 2.75) is 64.3 Å². The zero-order chi connectivity index (χ0) is 12.0. The van der Waals surface area contributed by atoms with Gasteiger partial charge < -0.3 is 11.1 Å². The van der Waals surface area contributed by atoms with Gasteiger partial charge in [0.05, 0.1) is 0 Å². The van der Waals surface area contributed by atoms with Gasteiger partial charge in [-0.3, -0.25) is 4.79 Å². The fourth-order valence-corrected chi connectivity index (χ4v) is 2.23. The lowest BCUT2D eigenvalue weighted by molar-refractivity contribution is -0.124. The van der Waals surface area contributed by atoms with Crippen molar-refractivity contribution in [1.29, 1.82) is 0 Å². The molecule has 1 saturated carbocycles. The van der Waals surface area contributed by atoms with Crippen LogP contribution in [0.4, 0.5) is 0 Å². The summed E-state index contributed by atoms with van der Waals surface area (Å²) in [6.45, 7) is 4.65. The molecule has 1 unspecified atom stereocenters. The van der Waals surface area contributed by atoms with E-state index in [9.17, 15) is 4.79 Å². The van der Waals surface area contributed by atoms with Crippen LogP contribution in [0.1, 0.15) is 58.8 Å². The van der Waals surface area contributed by atoms with Crippen molar-refractivity contribution in [2.24, 2.45) is 11.7 Å². The number of rotatable bonds is 4. The highest BCUT2D eigenvalue weighted by atomic mass is 35.5. The van der Waals surface area contributed by atoms with Gasteiger partial charge in [0.1, 0.15) is 0 Å². The molecule has 0 heterocycles. The molecule has 0 aliphatic heterocycles. The zero-order valence-electron chi connectivity index (χ0n) is 11.1. The van der Waals surface area contributed by atoms with E-state index in [0.717, 1.165) is 19.3 Å². The maximum atomic E-state index is 11.7. The van der Waals surface area contributed by atoms with Crippen LogP contribution in [-0.2, 0) is 4.79 Å². The normalized spacial score (nSPS) is 20.9. The van der Waals surface area contributed by atoms with Crippen LogP contribution in [0.5, 0.6) is 0 Å². The summed E-state index contributed by atoms with van der Waals surface area (Å²) in [4.78, 5) is 11.7. The van der Waals surface area contributed by atoms with Gasteiger partial charge >= 0.3 is 0 Å².